The fourth-order valence-electron chi connectivity index (χ4n) is 5.00. The molecule has 196 valence electrons. The fraction of sp³-hybridized carbons (Fsp3) is 0.143. The Morgan fingerprint density at radius 3 is 2.31 bits per heavy atom. The number of nitrogens with one attached hydrogen (secondary N) is 1. The van der Waals surface area contributed by atoms with E-state index in [1.165, 1.54) is 21.2 Å². The van der Waals surface area contributed by atoms with Gasteiger partial charge >= 0.3 is 4.87 Å². The number of thiazole rings is 1. The van der Waals surface area contributed by atoms with E-state index >= 15 is 0 Å². The summed E-state index contributed by atoms with van der Waals surface area (Å²) < 4.78 is 2.24. The smallest absolute Gasteiger partial charge is 0.308 e. The summed E-state index contributed by atoms with van der Waals surface area (Å²) in [5.74, 6) is -2.20. The van der Waals surface area contributed by atoms with E-state index in [4.69, 9.17) is 11.6 Å². The quantitative estimate of drug-likeness (QED) is 0.280. The van der Waals surface area contributed by atoms with E-state index in [-0.39, 0.29) is 29.1 Å². The van der Waals surface area contributed by atoms with Gasteiger partial charge in [-0.05, 0) is 54.1 Å². The number of fused-ring (bicyclic) bond motifs is 2. The van der Waals surface area contributed by atoms with Crippen molar-refractivity contribution >= 4 is 79.7 Å². The van der Waals surface area contributed by atoms with E-state index in [0.717, 1.165) is 21.4 Å². The van der Waals surface area contributed by atoms with Gasteiger partial charge < -0.3 is 5.32 Å². The van der Waals surface area contributed by atoms with Crippen molar-refractivity contribution in [3.8, 4) is 0 Å². The Kier molecular flexibility index (Phi) is 6.96. The number of imide groups is 1. The first-order valence-corrected chi connectivity index (χ1v) is 14.8. The van der Waals surface area contributed by atoms with Crippen LogP contribution in [-0.4, -0.2) is 27.5 Å². The second-order valence-electron chi connectivity index (χ2n) is 9.12. The van der Waals surface area contributed by atoms with Crippen LogP contribution < -0.4 is 15.1 Å². The van der Waals surface area contributed by atoms with Crippen molar-refractivity contribution in [2.75, 3.05) is 10.2 Å². The summed E-state index contributed by atoms with van der Waals surface area (Å²) in [4.78, 5) is 55.3. The van der Waals surface area contributed by atoms with Crippen LogP contribution in [0, 0.1) is 5.92 Å². The van der Waals surface area contributed by atoms with E-state index < -0.39 is 17.1 Å². The van der Waals surface area contributed by atoms with Crippen LogP contribution in [0.15, 0.2) is 93.2 Å². The predicted octanol–water partition coefficient (Wildman–Crippen LogP) is 5.76. The topological polar surface area (TPSA) is 88.5 Å². The van der Waals surface area contributed by atoms with Crippen LogP contribution in [0.4, 0.5) is 11.4 Å². The summed E-state index contributed by atoms with van der Waals surface area (Å²) in [6, 6.07) is 23.1. The number of thioether (sulfide) groups is 1. The molecule has 1 aromatic heterocycles. The van der Waals surface area contributed by atoms with Crippen LogP contribution in [0.1, 0.15) is 16.4 Å². The molecule has 0 saturated carbocycles. The van der Waals surface area contributed by atoms with Gasteiger partial charge in [-0.3, -0.25) is 23.7 Å². The zero-order chi connectivity index (χ0) is 27.3. The number of amides is 3. The van der Waals surface area contributed by atoms with Gasteiger partial charge in [0.25, 0.3) is 0 Å². The number of aromatic nitrogens is 1. The van der Waals surface area contributed by atoms with Gasteiger partial charge in [-0.15, -0.1) is 0 Å². The first kappa shape index (κ1) is 26.1. The minimum absolute atomic E-state index is 0.224. The summed E-state index contributed by atoms with van der Waals surface area (Å²) in [6.07, 6.45) is 0. The third kappa shape index (κ3) is 4.75. The molecule has 0 radical (unpaired) electrons. The van der Waals surface area contributed by atoms with Gasteiger partial charge in [0.2, 0.25) is 17.7 Å². The van der Waals surface area contributed by atoms with Crippen molar-refractivity contribution in [3.63, 3.8) is 0 Å². The number of halogens is 2. The molecule has 1 N–H and O–H groups in total. The molecule has 1 fully saturated rings. The molecule has 2 aliphatic heterocycles. The maximum Gasteiger partial charge on any atom is 0.308 e. The largest absolute Gasteiger partial charge is 0.325 e. The lowest BCUT2D eigenvalue weighted by molar-refractivity contribution is -0.122. The van der Waals surface area contributed by atoms with Crippen LogP contribution in [0.2, 0.25) is 5.02 Å². The Hall–Kier alpha value is -3.18. The number of benzene rings is 3. The van der Waals surface area contributed by atoms with Crippen LogP contribution in [0.3, 0.4) is 0 Å². The van der Waals surface area contributed by atoms with Crippen LogP contribution >= 0.6 is 50.6 Å². The molecule has 0 unspecified atom stereocenters. The minimum atomic E-state index is -0.738. The van der Waals surface area contributed by atoms with Crippen molar-refractivity contribution in [2.45, 2.75) is 22.7 Å². The molecule has 7 nitrogen and oxygen atoms in total. The molecule has 3 amide bonds. The molecule has 4 aromatic rings. The lowest BCUT2D eigenvalue weighted by atomic mass is 9.83. The highest BCUT2D eigenvalue weighted by molar-refractivity contribution is 9.10. The minimum Gasteiger partial charge on any atom is -0.325 e. The van der Waals surface area contributed by atoms with Gasteiger partial charge in [0.1, 0.15) is 11.8 Å². The molecule has 1 saturated heterocycles. The van der Waals surface area contributed by atoms with Gasteiger partial charge in [-0.2, -0.15) is 0 Å². The van der Waals surface area contributed by atoms with Crippen LogP contribution in [0.5, 0.6) is 0 Å². The van der Waals surface area contributed by atoms with Crippen molar-refractivity contribution in [3.05, 3.63) is 108 Å². The third-order valence-corrected chi connectivity index (χ3v) is 10.1. The molecule has 3 heterocycles. The maximum atomic E-state index is 13.9. The predicted molar refractivity (Wildman–Crippen MR) is 157 cm³/mol. The van der Waals surface area contributed by atoms with Crippen molar-refractivity contribution in [2.24, 2.45) is 5.92 Å². The summed E-state index contributed by atoms with van der Waals surface area (Å²) >= 11 is 11.5. The van der Waals surface area contributed by atoms with Gasteiger partial charge in [0, 0.05) is 26.0 Å². The van der Waals surface area contributed by atoms with Gasteiger partial charge in [-0.1, -0.05) is 81.0 Å². The van der Waals surface area contributed by atoms with Crippen molar-refractivity contribution in [1.29, 1.82) is 0 Å². The number of carbonyl (C=O) groups is 3. The molecular weight excluding hydrogens is 622 g/mol. The highest BCUT2D eigenvalue weighted by Gasteiger charge is 2.56. The van der Waals surface area contributed by atoms with E-state index in [1.807, 2.05) is 30.3 Å². The monoisotopic (exact) mass is 639 g/mol. The van der Waals surface area contributed by atoms with E-state index in [2.05, 4.69) is 21.2 Å². The van der Waals surface area contributed by atoms with Crippen LogP contribution in [-0.2, 0) is 20.9 Å². The Bertz CT molecular complexity index is 1660. The van der Waals surface area contributed by atoms with E-state index in [0.29, 0.717) is 26.3 Å². The lowest BCUT2D eigenvalue weighted by Gasteiger charge is -2.30. The van der Waals surface area contributed by atoms with E-state index in [1.54, 1.807) is 48.5 Å². The molecular formula is C28H19BrClN3O4S2. The van der Waals surface area contributed by atoms with Crippen LogP contribution in [0.25, 0.3) is 0 Å². The summed E-state index contributed by atoms with van der Waals surface area (Å²) in [5, 5.41) is 3.14. The average molecular weight is 641 g/mol. The number of carbonyl (C=O) groups excluding carboxylic acids is 3. The third-order valence-electron chi connectivity index (χ3n) is 6.72. The Labute approximate surface area is 244 Å². The second kappa shape index (κ2) is 10.4. The standard InChI is InChI=1S/C28H19BrClN3O4S2/c29-16-6-12-19(13-7-16)33-25(35)22-21(15-4-2-1-3-5-15)24-27(38-23(22)26(33)36)32(28(37)39-24)14-20(34)31-18-10-8-17(30)9-11-18/h1-13,21-23H,14H2,(H,31,34)/t21-,22-,23+/m0/s1. The second-order valence-corrected chi connectivity index (χ2v) is 12.6. The first-order chi connectivity index (χ1) is 18.8. The fourth-order valence-corrected chi connectivity index (χ4v) is 8.16. The first-order valence-electron chi connectivity index (χ1n) is 12.0. The molecule has 11 heteroatoms. The molecule has 3 aromatic carbocycles. The van der Waals surface area contributed by atoms with Gasteiger partial charge in [-0.25, -0.2) is 4.90 Å². The zero-order valence-electron chi connectivity index (χ0n) is 20.0. The number of nitrogens with zero attached hydrogens (tertiary/aromatic N) is 2. The average Bonchev–Trinajstić information content (AvgIpc) is 3.37. The summed E-state index contributed by atoms with van der Waals surface area (Å²) in [6.45, 7) is -0.224. The molecule has 0 bridgehead atoms. The molecule has 39 heavy (non-hydrogen) atoms. The summed E-state index contributed by atoms with van der Waals surface area (Å²) in [5.41, 5.74) is 1.89. The number of rotatable bonds is 5. The zero-order valence-corrected chi connectivity index (χ0v) is 24.0. The van der Waals surface area contributed by atoms with Gasteiger partial charge in [0.05, 0.1) is 16.6 Å². The number of anilines is 2. The maximum absolute atomic E-state index is 13.9. The van der Waals surface area contributed by atoms with Crippen molar-refractivity contribution in [1.82, 2.24) is 4.57 Å². The lowest BCUT2D eigenvalue weighted by Crippen LogP contribution is -2.33. The Morgan fingerprint density at radius 1 is 0.923 bits per heavy atom. The number of hydrogen-bond donors (Lipinski definition) is 1. The van der Waals surface area contributed by atoms with E-state index in [9.17, 15) is 19.2 Å². The SMILES string of the molecule is O=C(Cn1c2c(sc1=O)[C@@H](c1ccccc1)[C@@H]1C(=O)N(c3ccc(Br)cc3)C(=O)[C@@H]1S2)Nc1ccc(Cl)cc1. The highest BCUT2D eigenvalue weighted by atomic mass is 79.9. The molecule has 0 spiro atoms. The Morgan fingerprint density at radius 2 is 1.62 bits per heavy atom. The molecule has 2 aliphatic rings. The Balaban J connectivity index is 1.39. The molecule has 6 rings (SSSR count). The molecule has 0 aliphatic carbocycles. The van der Waals surface area contributed by atoms with Gasteiger partial charge in [0.15, 0.2) is 0 Å². The molecule has 3 atom stereocenters. The summed E-state index contributed by atoms with van der Waals surface area (Å²) in [7, 11) is 0. The highest BCUT2D eigenvalue weighted by Crippen LogP contribution is 2.53. The number of hydrogen-bond acceptors (Lipinski definition) is 6. The van der Waals surface area contributed by atoms with Crippen molar-refractivity contribution < 1.29 is 14.4 Å². The normalized spacial score (nSPS) is 20.1.